The van der Waals surface area contributed by atoms with Crippen LogP contribution in [0.15, 0.2) is 56.4 Å². The van der Waals surface area contributed by atoms with Crippen molar-refractivity contribution in [3.63, 3.8) is 0 Å². The van der Waals surface area contributed by atoms with Crippen LogP contribution >= 0.6 is 15.9 Å². The van der Waals surface area contributed by atoms with Crippen molar-refractivity contribution in [1.29, 1.82) is 0 Å². The Labute approximate surface area is 183 Å². The van der Waals surface area contributed by atoms with E-state index in [1.807, 2.05) is 19.1 Å². The Hall–Kier alpha value is -2.65. The molecule has 0 unspecified atom stereocenters. The summed E-state index contributed by atoms with van der Waals surface area (Å²) >= 11 is 3.39. The summed E-state index contributed by atoms with van der Waals surface area (Å²) in [6.07, 6.45) is -0.197. The van der Waals surface area contributed by atoms with Crippen molar-refractivity contribution in [3.05, 3.63) is 58.2 Å². The second kappa shape index (κ2) is 9.01. The topological polar surface area (TPSA) is 98.5 Å². The van der Waals surface area contributed by atoms with Crippen molar-refractivity contribution in [2.75, 3.05) is 18.2 Å². The van der Waals surface area contributed by atoms with Crippen LogP contribution in [0.2, 0.25) is 0 Å². The second-order valence-electron chi connectivity index (χ2n) is 6.80. The normalized spacial score (nSPS) is 11.3. The van der Waals surface area contributed by atoms with Crippen LogP contribution in [0, 0.1) is 13.8 Å². The van der Waals surface area contributed by atoms with Crippen molar-refractivity contribution < 1.29 is 22.5 Å². The molecule has 0 spiro atoms. The van der Waals surface area contributed by atoms with Gasteiger partial charge in [-0.15, -0.1) is 0 Å². The van der Waals surface area contributed by atoms with Crippen molar-refractivity contribution in [2.24, 2.45) is 0 Å². The Morgan fingerprint density at radius 1 is 1.17 bits per heavy atom. The first kappa shape index (κ1) is 22.0. The van der Waals surface area contributed by atoms with Gasteiger partial charge in [0.05, 0.1) is 24.2 Å². The average molecular weight is 493 g/mol. The molecule has 0 saturated heterocycles. The minimum atomic E-state index is -3.79. The fourth-order valence-electron chi connectivity index (χ4n) is 2.84. The number of halogens is 1. The van der Waals surface area contributed by atoms with Gasteiger partial charge in [0.2, 0.25) is 5.91 Å². The summed E-state index contributed by atoms with van der Waals surface area (Å²) in [7, 11) is -2.39. The quantitative estimate of drug-likeness (QED) is 0.519. The SMILES string of the molecule is COc1ccc(-c2cc(C)no2)cc1S(=O)(=O)CCC(=O)Nc1ccc(C)cc1Br. The first-order valence-electron chi connectivity index (χ1n) is 9.10. The molecule has 0 radical (unpaired) electrons. The molecule has 9 heteroatoms. The number of methoxy groups -OCH3 is 1. The minimum Gasteiger partial charge on any atom is -0.495 e. The van der Waals surface area contributed by atoms with Gasteiger partial charge >= 0.3 is 0 Å². The predicted molar refractivity (Wildman–Crippen MR) is 117 cm³/mol. The van der Waals surface area contributed by atoms with Gasteiger partial charge in [0, 0.05) is 22.5 Å². The number of carbonyl (C=O) groups is 1. The zero-order chi connectivity index (χ0) is 21.9. The lowest BCUT2D eigenvalue weighted by Crippen LogP contribution is -2.18. The standard InChI is InChI=1S/C21H21BrN2O5S/c1-13-4-6-17(16(22)10-13)23-21(25)8-9-30(26,27)20-12-15(5-7-18(20)28-3)19-11-14(2)24-29-19/h4-7,10-12H,8-9H2,1-3H3,(H,23,25). The number of aromatic nitrogens is 1. The molecule has 30 heavy (non-hydrogen) atoms. The van der Waals surface area contributed by atoms with E-state index in [0.717, 1.165) is 10.0 Å². The number of anilines is 1. The third-order valence-corrected chi connectivity index (χ3v) is 6.79. The van der Waals surface area contributed by atoms with Gasteiger partial charge in [0.15, 0.2) is 15.6 Å². The Morgan fingerprint density at radius 3 is 2.57 bits per heavy atom. The highest BCUT2D eigenvalue weighted by Crippen LogP contribution is 2.31. The van der Waals surface area contributed by atoms with E-state index in [4.69, 9.17) is 9.26 Å². The molecule has 0 fully saturated rings. The number of carbonyl (C=O) groups excluding carboxylic acids is 1. The van der Waals surface area contributed by atoms with Crippen LogP contribution in [0.5, 0.6) is 5.75 Å². The minimum absolute atomic E-state index is 0.000805. The van der Waals surface area contributed by atoms with Gasteiger partial charge in [0.1, 0.15) is 10.6 Å². The van der Waals surface area contributed by atoms with Gasteiger partial charge in [-0.1, -0.05) is 11.2 Å². The first-order chi connectivity index (χ1) is 14.2. The Kier molecular flexibility index (Phi) is 6.62. The van der Waals surface area contributed by atoms with Crippen molar-refractivity contribution in [1.82, 2.24) is 5.16 Å². The van der Waals surface area contributed by atoms with E-state index >= 15 is 0 Å². The van der Waals surface area contributed by atoms with Gasteiger partial charge in [-0.05, 0) is 65.7 Å². The largest absolute Gasteiger partial charge is 0.495 e. The maximum absolute atomic E-state index is 13.0. The van der Waals surface area contributed by atoms with E-state index in [0.29, 0.717) is 22.7 Å². The molecule has 1 aromatic heterocycles. The number of hydrogen-bond donors (Lipinski definition) is 1. The summed E-state index contributed by atoms with van der Waals surface area (Å²) < 4.78 is 37.1. The van der Waals surface area contributed by atoms with Crippen LogP contribution in [-0.2, 0) is 14.6 Å². The number of benzene rings is 2. The van der Waals surface area contributed by atoms with Crippen LogP contribution in [0.1, 0.15) is 17.7 Å². The number of rotatable bonds is 7. The Morgan fingerprint density at radius 2 is 1.93 bits per heavy atom. The number of aryl methyl sites for hydroxylation is 2. The lowest BCUT2D eigenvalue weighted by molar-refractivity contribution is -0.115. The van der Waals surface area contributed by atoms with Gasteiger partial charge in [-0.3, -0.25) is 4.79 Å². The van der Waals surface area contributed by atoms with E-state index in [2.05, 4.69) is 26.4 Å². The molecule has 0 saturated carbocycles. The number of hydrogen-bond acceptors (Lipinski definition) is 6. The van der Waals surface area contributed by atoms with Crippen molar-refractivity contribution in [2.45, 2.75) is 25.2 Å². The Balaban J connectivity index is 1.78. The molecule has 2 aromatic carbocycles. The number of nitrogens with one attached hydrogen (secondary N) is 1. The molecule has 158 valence electrons. The van der Waals surface area contributed by atoms with Crippen LogP contribution in [0.25, 0.3) is 11.3 Å². The lowest BCUT2D eigenvalue weighted by atomic mass is 10.1. The molecule has 0 aliphatic carbocycles. The van der Waals surface area contributed by atoms with E-state index in [9.17, 15) is 13.2 Å². The molecule has 0 bridgehead atoms. The molecule has 1 heterocycles. The number of amides is 1. The summed E-state index contributed by atoms with van der Waals surface area (Å²) in [6.45, 7) is 3.71. The molecule has 0 aliphatic rings. The highest BCUT2D eigenvalue weighted by molar-refractivity contribution is 9.10. The van der Waals surface area contributed by atoms with Crippen LogP contribution in [-0.4, -0.2) is 32.3 Å². The zero-order valence-electron chi connectivity index (χ0n) is 16.7. The highest BCUT2D eigenvalue weighted by Gasteiger charge is 2.23. The van der Waals surface area contributed by atoms with E-state index in [-0.39, 0.29) is 22.8 Å². The maximum atomic E-state index is 13.0. The van der Waals surface area contributed by atoms with Gasteiger partial charge < -0.3 is 14.6 Å². The molecular formula is C21H21BrN2O5S. The molecule has 3 aromatic rings. The fraction of sp³-hybridized carbons (Fsp3) is 0.238. The van der Waals surface area contributed by atoms with E-state index < -0.39 is 15.7 Å². The molecule has 0 atom stereocenters. The van der Waals surface area contributed by atoms with Gasteiger partial charge in [0.25, 0.3) is 0 Å². The summed E-state index contributed by atoms with van der Waals surface area (Å²) in [5, 5.41) is 6.55. The van der Waals surface area contributed by atoms with E-state index in [1.54, 1.807) is 31.2 Å². The summed E-state index contributed by atoms with van der Waals surface area (Å²) in [5.41, 5.74) is 2.87. The van der Waals surface area contributed by atoms with E-state index in [1.165, 1.54) is 13.2 Å². The van der Waals surface area contributed by atoms with Crippen molar-refractivity contribution >= 4 is 37.4 Å². The first-order valence-corrected chi connectivity index (χ1v) is 11.5. The highest BCUT2D eigenvalue weighted by atomic mass is 79.9. The van der Waals surface area contributed by atoms with Crippen LogP contribution in [0.4, 0.5) is 5.69 Å². The molecule has 1 amide bonds. The zero-order valence-corrected chi connectivity index (χ0v) is 19.1. The fourth-order valence-corrected chi connectivity index (χ4v) is 4.87. The molecule has 3 rings (SSSR count). The van der Waals surface area contributed by atoms with Gasteiger partial charge in [-0.25, -0.2) is 8.42 Å². The maximum Gasteiger partial charge on any atom is 0.225 e. The molecule has 7 nitrogen and oxygen atoms in total. The molecule has 0 aliphatic heterocycles. The summed E-state index contributed by atoms with van der Waals surface area (Å²) in [5.74, 6) is -0.105. The van der Waals surface area contributed by atoms with Crippen LogP contribution < -0.4 is 10.1 Å². The third-order valence-electron chi connectivity index (χ3n) is 4.41. The number of ether oxygens (including phenoxy) is 1. The second-order valence-corrected chi connectivity index (χ2v) is 9.73. The van der Waals surface area contributed by atoms with Crippen molar-refractivity contribution in [3.8, 4) is 17.1 Å². The predicted octanol–water partition coefficient (Wildman–Crippen LogP) is 4.53. The summed E-state index contributed by atoms with van der Waals surface area (Å²) in [4.78, 5) is 12.3. The summed E-state index contributed by atoms with van der Waals surface area (Å²) in [6, 6.07) is 11.9. The van der Waals surface area contributed by atoms with Gasteiger partial charge in [-0.2, -0.15) is 0 Å². The molecular weight excluding hydrogens is 472 g/mol. The Bertz CT molecular complexity index is 1190. The number of sulfone groups is 1. The lowest BCUT2D eigenvalue weighted by Gasteiger charge is -2.12. The third kappa shape index (κ3) is 5.09. The van der Waals surface area contributed by atoms with Crippen LogP contribution in [0.3, 0.4) is 0 Å². The average Bonchev–Trinajstić information content (AvgIpc) is 3.14. The number of nitrogens with zero attached hydrogens (tertiary/aromatic N) is 1. The smallest absolute Gasteiger partial charge is 0.225 e. The monoisotopic (exact) mass is 492 g/mol. The molecule has 1 N–H and O–H groups in total.